The molecule has 2 aromatic rings. The van der Waals surface area contributed by atoms with E-state index in [0.717, 1.165) is 10.9 Å². The number of amides is 9. The van der Waals surface area contributed by atoms with Gasteiger partial charge in [0.15, 0.2) is 5.96 Å². The summed E-state index contributed by atoms with van der Waals surface area (Å²) in [6.07, 6.45) is 1.69. The number of guanidine groups is 1. The van der Waals surface area contributed by atoms with Gasteiger partial charge in [0.1, 0.15) is 42.3 Å². The molecule has 3 heterocycles. The van der Waals surface area contributed by atoms with E-state index in [1.807, 2.05) is 18.2 Å². The van der Waals surface area contributed by atoms with E-state index in [4.69, 9.17) is 17.2 Å². The number of para-hydroxylation sites is 1. The highest BCUT2D eigenvalue weighted by Gasteiger charge is 2.42. The Hall–Kier alpha value is -7.04. The number of aliphatic hydroxyl groups is 2. The van der Waals surface area contributed by atoms with Crippen LogP contribution >= 0.6 is 12.6 Å². The molecule has 0 unspecified atom stereocenters. The number of benzene rings is 1. The second kappa shape index (κ2) is 29.2. The summed E-state index contributed by atoms with van der Waals surface area (Å²) in [4.78, 5) is 143. The minimum absolute atomic E-state index is 0.0161. The maximum absolute atomic E-state index is 14.5. The van der Waals surface area contributed by atoms with Gasteiger partial charge in [0.05, 0.1) is 31.8 Å². The second-order valence-electron chi connectivity index (χ2n) is 18.5. The number of hydrogen-bond donors (Lipinski definition) is 15. The number of aromatic amines is 1. The summed E-state index contributed by atoms with van der Waals surface area (Å²) in [6, 6.07) is -3.14. The van der Waals surface area contributed by atoms with Crippen LogP contribution in [0.4, 0.5) is 0 Å². The lowest BCUT2D eigenvalue weighted by Crippen LogP contribution is -2.62. The summed E-state index contributed by atoms with van der Waals surface area (Å²) in [5.74, 6) is -9.13. The number of nitrogens with one attached hydrogen (secondary N) is 8. The fraction of sp³-hybridized carbons (Fsp3) is 0.596. The number of likely N-dealkylation sites (tertiary alicyclic amines) is 2. The number of carbonyl (C=O) groups is 10. The van der Waals surface area contributed by atoms with Crippen molar-refractivity contribution in [3.8, 4) is 0 Å². The highest BCUT2D eigenvalue weighted by Crippen LogP contribution is 2.23. The zero-order valence-electron chi connectivity index (χ0n) is 42.2. The monoisotopic (exact) mass is 1070 g/mol. The number of aliphatic hydroxyl groups excluding tert-OH is 2. The van der Waals surface area contributed by atoms with Gasteiger partial charge in [0, 0.05) is 48.9 Å². The fourth-order valence-corrected chi connectivity index (χ4v) is 8.81. The van der Waals surface area contributed by atoms with Gasteiger partial charge in [-0.25, -0.2) is 4.79 Å². The predicted molar refractivity (Wildman–Crippen MR) is 275 cm³/mol. The van der Waals surface area contributed by atoms with Crippen LogP contribution in [0.15, 0.2) is 35.5 Å². The summed E-state index contributed by atoms with van der Waals surface area (Å²) >= 11 is 3.92. The zero-order valence-corrected chi connectivity index (χ0v) is 43.1. The quantitative estimate of drug-likeness (QED) is 0.0165. The number of aromatic nitrogens is 1. The highest BCUT2D eigenvalue weighted by molar-refractivity contribution is 7.80. The van der Waals surface area contributed by atoms with Crippen LogP contribution in [0.25, 0.3) is 10.9 Å². The number of carboxylic acid groups (broad SMARTS) is 1. The lowest BCUT2D eigenvalue weighted by molar-refractivity contribution is -0.146. The number of carbonyl (C=O) groups excluding carboxylic acids is 9. The SMILES string of the molecule is CC[C@H](C)[C@H](NC(=O)[C@H](Cc1c[nH]c2ccccc12)NC(=O)[C@@H]1CCCN1C(=O)CNC(=O)[C@H](CO)NC(=O)CNC(=O)[C@@H](N)CS)C(=O)N[C@H](C(=O)N1CCC[C@H]1C(=O)N[C@@H](CCCN=C(N)N)C(=O)O)[C@@H](C)O. The Labute approximate surface area is 438 Å². The highest BCUT2D eigenvalue weighted by atomic mass is 32.1. The Morgan fingerprint density at radius 3 is 2.03 bits per heavy atom. The van der Waals surface area contributed by atoms with Crippen LogP contribution in [0.3, 0.4) is 0 Å². The molecular formula is C47H72N14O13S. The topological polar surface area (TPSA) is 428 Å². The fourth-order valence-electron chi connectivity index (χ4n) is 8.64. The summed E-state index contributed by atoms with van der Waals surface area (Å²) in [5, 5.41) is 48.7. The van der Waals surface area contributed by atoms with Crippen molar-refractivity contribution in [3.63, 3.8) is 0 Å². The normalized spacial score (nSPS) is 18.4. The molecule has 75 heavy (non-hydrogen) atoms. The van der Waals surface area contributed by atoms with Crippen molar-refractivity contribution in [2.24, 2.45) is 28.1 Å². The smallest absolute Gasteiger partial charge is 0.326 e. The Kier molecular flexibility index (Phi) is 23.5. The molecule has 0 bridgehead atoms. The number of H-pyrrole nitrogens is 1. The first-order valence-electron chi connectivity index (χ1n) is 24.8. The van der Waals surface area contributed by atoms with Crippen LogP contribution in [0, 0.1) is 5.92 Å². The maximum atomic E-state index is 14.5. The Morgan fingerprint density at radius 1 is 0.800 bits per heavy atom. The van der Waals surface area contributed by atoms with Gasteiger partial charge in [-0.2, -0.15) is 12.6 Å². The third kappa shape index (κ3) is 17.3. The van der Waals surface area contributed by atoms with Crippen LogP contribution in [-0.2, 0) is 54.4 Å². The molecule has 2 aliphatic rings. The largest absolute Gasteiger partial charge is 0.480 e. The molecule has 2 saturated heterocycles. The molecular weight excluding hydrogens is 1000 g/mol. The minimum atomic E-state index is -1.61. The number of nitrogens with zero attached hydrogens (tertiary/aromatic N) is 3. The number of hydrogen-bond acceptors (Lipinski definition) is 15. The predicted octanol–water partition coefficient (Wildman–Crippen LogP) is -4.84. The lowest BCUT2D eigenvalue weighted by atomic mass is 9.96. The standard InChI is InChI=1S/C47H72N14O13S/c1-4-24(2)37(44(71)59-38(25(3)63)45(72)61-17-9-14-34(61)43(70)56-30(46(73)74)12-7-15-51-47(49)50)58-41(68)31(18-26-19-52-29-11-6-5-10-27(26)29)57-42(69)33-13-8-16-60(33)36(65)21-54-40(67)32(22-62)55-35(64)20-53-39(66)28(48)23-75/h5-6,10-11,19,24-25,28,30-34,37-38,52,62-63,75H,4,7-9,12-18,20-23,48H2,1-3H3,(H,53,66)(H,54,67)(H,55,64)(H,56,70)(H,57,69)(H,58,68)(H,59,71)(H,73,74)(H4,49,50,51)/t24-,25+,28-,30-,31-,32-,33-,34-,37-,38-/m0/s1. The van der Waals surface area contributed by atoms with Gasteiger partial charge in [-0.05, 0) is 63.0 Å². The van der Waals surface area contributed by atoms with Crippen molar-refractivity contribution >= 4 is 88.6 Å². The molecule has 2 fully saturated rings. The van der Waals surface area contributed by atoms with Gasteiger partial charge in [-0.1, -0.05) is 38.5 Å². The summed E-state index contributed by atoms with van der Waals surface area (Å²) < 4.78 is 0. The molecule has 9 amide bonds. The first-order valence-corrected chi connectivity index (χ1v) is 25.4. The van der Waals surface area contributed by atoms with Crippen molar-refractivity contribution < 1.29 is 63.3 Å². The van der Waals surface area contributed by atoms with Crippen molar-refractivity contribution in [1.29, 1.82) is 0 Å². The van der Waals surface area contributed by atoms with Crippen LogP contribution in [0.2, 0.25) is 0 Å². The average molecular weight is 1070 g/mol. The number of rotatable bonds is 28. The third-order valence-corrected chi connectivity index (χ3v) is 13.4. The number of thiol groups is 1. The van der Waals surface area contributed by atoms with E-state index in [9.17, 15) is 63.3 Å². The molecule has 0 aliphatic carbocycles. The maximum Gasteiger partial charge on any atom is 0.326 e. The summed E-state index contributed by atoms with van der Waals surface area (Å²) in [7, 11) is 0. The van der Waals surface area contributed by atoms with E-state index >= 15 is 0 Å². The molecule has 1 aromatic heterocycles. The minimum Gasteiger partial charge on any atom is -0.480 e. The van der Waals surface area contributed by atoms with Gasteiger partial charge in [-0.3, -0.25) is 48.1 Å². The average Bonchev–Trinajstić information content (AvgIpc) is 4.18. The molecule has 0 radical (unpaired) electrons. The molecule has 10 atom stereocenters. The Morgan fingerprint density at radius 2 is 1.41 bits per heavy atom. The number of carboxylic acids is 1. The van der Waals surface area contributed by atoms with Gasteiger partial charge in [0.25, 0.3) is 0 Å². The van der Waals surface area contributed by atoms with E-state index in [0.29, 0.717) is 24.8 Å². The second-order valence-corrected chi connectivity index (χ2v) is 18.9. The molecule has 17 N–H and O–H groups in total. The van der Waals surface area contributed by atoms with E-state index in [1.165, 1.54) is 16.7 Å². The van der Waals surface area contributed by atoms with Crippen molar-refractivity contribution in [1.82, 2.24) is 52.0 Å². The molecule has 27 nitrogen and oxygen atoms in total. The molecule has 0 spiro atoms. The van der Waals surface area contributed by atoms with E-state index in [1.54, 1.807) is 26.1 Å². The van der Waals surface area contributed by atoms with Gasteiger partial charge in [0.2, 0.25) is 53.2 Å². The third-order valence-electron chi connectivity index (χ3n) is 13.1. The van der Waals surface area contributed by atoms with Crippen LogP contribution in [0.1, 0.15) is 71.3 Å². The zero-order chi connectivity index (χ0) is 55.5. The van der Waals surface area contributed by atoms with Crippen molar-refractivity contribution in [3.05, 3.63) is 36.0 Å². The van der Waals surface area contributed by atoms with Gasteiger partial charge < -0.3 is 84.5 Å². The molecule has 414 valence electrons. The van der Waals surface area contributed by atoms with E-state index in [2.05, 4.69) is 59.8 Å². The first kappa shape index (κ1) is 60.5. The van der Waals surface area contributed by atoms with Crippen LogP contribution < -0.4 is 54.4 Å². The van der Waals surface area contributed by atoms with Crippen LogP contribution in [-0.4, -0.2) is 195 Å². The first-order chi connectivity index (χ1) is 35.6. The summed E-state index contributed by atoms with van der Waals surface area (Å²) in [6.45, 7) is 2.93. The number of aliphatic imine (C=N–C) groups is 1. The van der Waals surface area contributed by atoms with Gasteiger partial charge in [-0.15, -0.1) is 0 Å². The molecule has 28 heteroatoms. The summed E-state index contributed by atoms with van der Waals surface area (Å²) in [5.41, 5.74) is 17.6. The lowest BCUT2D eigenvalue weighted by Gasteiger charge is -2.32. The van der Waals surface area contributed by atoms with E-state index < -0.39 is 139 Å². The van der Waals surface area contributed by atoms with Gasteiger partial charge >= 0.3 is 5.97 Å². The molecule has 4 rings (SSSR count). The van der Waals surface area contributed by atoms with Crippen molar-refractivity contribution in [2.75, 3.05) is 45.1 Å². The molecule has 0 saturated carbocycles. The Bertz CT molecular complexity index is 2400. The number of aliphatic carboxylic acids is 1. The number of nitrogens with two attached hydrogens (primary N) is 3. The molecule has 1 aromatic carbocycles. The molecule has 2 aliphatic heterocycles. The van der Waals surface area contributed by atoms with Crippen LogP contribution in [0.5, 0.6) is 0 Å². The van der Waals surface area contributed by atoms with Crippen molar-refractivity contribution in [2.45, 2.75) is 127 Å². The van der Waals surface area contributed by atoms with E-state index in [-0.39, 0.29) is 63.5 Å². The Balaban J connectivity index is 1.49. The number of fused-ring (bicyclic) bond motifs is 1.